The van der Waals surface area contributed by atoms with Crippen molar-refractivity contribution in [2.75, 3.05) is 12.4 Å². The van der Waals surface area contributed by atoms with Crippen LogP contribution in [0.2, 0.25) is 5.02 Å². The van der Waals surface area contributed by atoms with Crippen molar-refractivity contribution in [2.24, 2.45) is 0 Å². The third-order valence-corrected chi connectivity index (χ3v) is 4.99. The number of nitrogens with one attached hydrogen (secondary N) is 1. The zero-order valence-electron chi connectivity index (χ0n) is 16.5. The van der Waals surface area contributed by atoms with Crippen LogP contribution in [0, 0.1) is 30.2 Å². The zero-order chi connectivity index (χ0) is 23.2. The van der Waals surface area contributed by atoms with Gasteiger partial charge in [-0.05, 0) is 42.8 Å². The average Bonchev–Trinajstić information content (AvgIpc) is 3.17. The number of aryl methyl sites for hydroxylation is 1. The van der Waals surface area contributed by atoms with Gasteiger partial charge in [0.2, 0.25) is 17.5 Å². The second-order valence-electron chi connectivity index (χ2n) is 6.80. The molecule has 4 rings (SSSR count). The number of oxazole rings is 1. The van der Waals surface area contributed by atoms with Crippen LogP contribution >= 0.6 is 11.6 Å². The molecule has 4 aromatic rings. The maximum absolute atomic E-state index is 14.3. The van der Waals surface area contributed by atoms with E-state index in [0.717, 1.165) is 12.7 Å². The zero-order valence-corrected chi connectivity index (χ0v) is 17.3. The van der Waals surface area contributed by atoms with Gasteiger partial charge in [0.1, 0.15) is 11.1 Å². The van der Waals surface area contributed by atoms with Gasteiger partial charge in [-0.3, -0.25) is 4.79 Å². The Labute approximate surface area is 183 Å². The van der Waals surface area contributed by atoms with Crippen molar-refractivity contribution >= 4 is 34.3 Å². The van der Waals surface area contributed by atoms with Crippen molar-refractivity contribution in [3.05, 3.63) is 75.8 Å². The lowest BCUT2D eigenvalue weighted by Crippen LogP contribution is -2.19. The number of methoxy groups -OCH3 is 1. The highest BCUT2D eigenvalue weighted by Gasteiger charge is 2.30. The van der Waals surface area contributed by atoms with Crippen molar-refractivity contribution in [3.8, 4) is 17.2 Å². The largest absolute Gasteiger partial charge is 0.491 e. The first-order chi connectivity index (χ1) is 15.2. The van der Waals surface area contributed by atoms with Crippen molar-refractivity contribution < 1.29 is 31.5 Å². The third-order valence-electron chi connectivity index (χ3n) is 4.66. The van der Waals surface area contributed by atoms with Crippen molar-refractivity contribution in [3.63, 3.8) is 0 Å². The number of carbonyl (C=O) groups excluding carboxylic acids is 1. The molecule has 0 fully saturated rings. The summed E-state index contributed by atoms with van der Waals surface area (Å²) in [5.41, 5.74) is 0.954. The molecule has 3 aromatic carbocycles. The fourth-order valence-electron chi connectivity index (χ4n) is 3.08. The predicted octanol–water partition coefficient (Wildman–Crippen LogP) is 6.27. The third kappa shape index (κ3) is 3.64. The number of halogens is 5. The van der Waals surface area contributed by atoms with E-state index >= 15 is 0 Å². The quantitative estimate of drug-likeness (QED) is 0.285. The number of amides is 1. The number of hydrogen-bond donors (Lipinski definition) is 1. The molecule has 0 unspecified atom stereocenters. The Morgan fingerprint density at radius 3 is 2.38 bits per heavy atom. The van der Waals surface area contributed by atoms with Crippen LogP contribution in [-0.2, 0) is 0 Å². The highest BCUT2D eigenvalue weighted by atomic mass is 35.5. The van der Waals surface area contributed by atoms with Crippen LogP contribution in [0.5, 0.6) is 5.75 Å². The molecule has 32 heavy (non-hydrogen) atoms. The van der Waals surface area contributed by atoms with Gasteiger partial charge in [-0.25, -0.2) is 13.8 Å². The summed E-state index contributed by atoms with van der Waals surface area (Å²) >= 11 is 6.08. The number of fused-ring (bicyclic) bond motifs is 1. The number of anilines is 1. The number of carbonyl (C=O) groups is 1. The van der Waals surface area contributed by atoms with E-state index in [2.05, 4.69) is 15.0 Å². The SMILES string of the molecule is COc1c(F)c(F)c(C(=O)Nc2cc(-c3nc4ccc(C)cc4o3)ccc2Cl)c(F)c1F. The molecule has 0 atom stereocenters. The fourth-order valence-corrected chi connectivity index (χ4v) is 3.25. The van der Waals surface area contributed by atoms with Gasteiger partial charge >= 0.3 is 0 Å². The van der Waals surface area contributed by atoms with Gasteiger partial charge in [0.15, 0.2) is 23.0 Å². The molecule has 0 aliphatic carbocycles. The fraction of sp³-hybridized carbons (Fsp3) is 0.0909. The minimum atomic E-state index is -1.90. The van der Waals surface area contributed by atoms with Crippen LogP contribution in [-0.4, -0.2) is 18.0 Å². The number of benzene rings is 3. The molecule has 1 amide bonds. The Hall–Kier alpha value is -3.59. The molecule has 10 heteroatoms. The first kappa shape index (κ1) is 21.6. The van der Waals surface area contributed by atoms with Crippen LogP contribution in [0.25, 0.3) is 22.6 Å². The second-order valence-corrected chi connectivity index (χ2v) is 7.21. The van der Waals surface area contributed by atoms with Crippen LogP contribution < -0.4 is 10.1 Å². The molecule has 1 N–H and O–H groups in total. The molecule has 0 aliphatic heterocycles. The van der Waals surface area contributed by atoms with E-state index in [1.165, 1.54) is 12.1 Å². The van der Waals surface area contributed by atoms with E-state index in [-0.39, 0.29) is 16.6 Å². The second kappa shape index (κ2) is 8.16. The lowest BCUT2D eigenvalue weighted by atomic mass is 10.1. The summed E-state index contributed by atoms with van der Waals surface area (Å²) in [5.74, 6) is -10.00. The molecule has 1 aromatic heterocycles. The van der Waals surface area contributed by atoms with Crippen LogP contribution in [0.15, 0.2) is 40.8 Å². The van der Waals surface area contributed by atoms with E-state index in [4.69, 9.17) is 16.0 Å². The Balaban J connectivity index is 1.72. The smallest absolute Gasteiger partial charge is 0.261 e. The van der Waals surface area contributed by atoms with Crippen molar-refractivity contribution in [1.82, 2.24) is 4.98 Å². The van der Waals surface area contributed by atoms with Crippen LogP contribution in [0.3, 0.4) is 0 Å². The van der Waals surface area contributed by atoms with Crippen LogP contribution in [0.4, 0.5) is 23.2 Å². The molecule has 1 heterocycles. The topological polar surface area (TPSA) is 64.4 Å². The van der Waals surface area contributed by atoms with Gasteiger partial charge in [0, 0.05) is 5.56 Å². The molecule has 0 aliphatic rings. The van der Waals surface area contributed by atoms with Gasteiger partial charge in [0.25, 0.3) is 5.91 Å². The van der Waals surface area contributed by atoms with Crippen molar-refractivity contribution in [1.29, 1.82) is 0 Å². The molecule has 0 bridgehead atoms. The van der Waals surface area contributed by atoms with E-state index in [0.29, 0.717) is 16.7 Å². The minimum Gasteiger partial charge on any atom is -0.491 e. The lowest BCUT2D eigenvalue weighted by molar-refractivity contribution is 0.101. The first-order valence-electron chi connectivity index (χ1n) is 9.09. The Kier molecular flexibility index (Phi) is 5.52. The molecule has 5 nitrogen and oxygen atoms in total. The predicted molar refractivity (Wildman–Crippen MR) is 110 cm³/mol. The monoisotopic (exact) mass is 464 g/mol. The normalized spacial score (nSPS) is 11.1. The molecule has 0 radical (unpaired) electrons. The number of ether oxygens (including phenoxy) is 1. The number of aromatic nitrogens is 1. The summed E-state index contributed by atoms with van der Waals surface area (Å²) in [7, 11) is 0.832. The molecule has 0 saturated heterocycles. The van der Waals surface area contributed by atoms with E-state index in [9.17, 15) is 22.4 Å². The summed E-state index contributed by atoms with van der Waals surface area (Å²) in [5, 5.41) is 2.16. The molecule has 0 saturated carbocycles. The standard InChI is InChI=1S/C22H13ClF4N2O3/c1-9-3-6-12-14(7-9)32-22(29-12)10-4-5-11(23)13(8-10)28-21(30)15-16(24)18(26)20(31-2)19(27)17(15)25/h3-8H,1-2H3,(H,28,30). The number of nitrogens with zero attached hydrogens (tertiary/aromatic N) is 1. The van der Waals surface area contributed by atoms with Crippen LogP contribution in [0.1, 0.15) is 15.9 Å². The van der Waals surface area contributed by atoms with E-state index in [1.54, 1.807) is 18.2 Å². The van der Waals surface area contributed by atoms with Gasteiger partial charge in [-0.2, -0.15) is 8.78 Å². The van der Waals surface area contributed by atoms with Gasteiger partial charge in [-0.1, -0.05) is 17.7 Å². The van der Waals surface area contributed by atoms with E-state index < -0.39 is 40.5 Å². The summed E-state index contributed by atoms with van der Waals surface area (Å²) in [4.78, 5) is 16.8. The highest BCUT2D eigenvalue weighted by Crippen LogP contribution is 2.33. The lowest BCUT2D eigenvalue weighted by Gasteiger charge is -2.12. The summed E-state index contributed by atoms with van der Waals surface area (Å²) in [6, 6.07) is 9.73. The Bertz CT molecular complexity index is 1360. The number of hydrogen-bond acceptors (Lipinski definition) is 4. The maximum Gasteiger partial charge on any atom is 0.261 e. The van der Waals surface area contributed by atoms with Gasteiger partial charge < -0.3 is 14.5 Å². The Morgan fingerprint density at radius 1 is 1.03 bits per heavy atom. The highest BCUT2D eigenvalue weighted by molar-refractivity contribution is 6.34. The first-order valence-corrected chi connectivity index (χ1v) is 9.47. The molecular formula is C22H13ClF4N2O3. The van der Waals surface area contributed by atoms with E-state index in [1.807, 2.05) is 13.0 Å². The minimum absolute atomic E-state index is 0.00401. The average molecular weight is 465 g/mol. The maximum atomic E-state index is 14.3. The summed E-state index contributed by atoms with van der Waals surface area (Å²) in [6.45, 7) is 1.89. The van der Waals surface area contributed by atoms with Crippen molar-refractivity contribution in [2.45, 2.75) is 6.92 Å². The molecule has 164 valence electrons. The molecular weight excluding hydrogens is 452 g/mol. The summed E-state index contributed by atoms with van der Waals surface area (Å²) < 4.78 is 66.5. The van der Waals surface area contributed by atoms with Gasteiger partial charge in [-0.15, -0.1) is 0 Å². The number of rotatable bonds is 4. The Morgan fingerprint density at radius 2 is 1.72 bits per heavy atom. The summed E-state index contributed by atoms with van der Waals surface area (Å²) in [6.07, 6.45) is 0. The molecule has 0 spiro atoms. The van der Waals surface area contributed by atoms with Gasteiger partial charge in [0.05, 0.1) is 17.8 Å².